The first-order valence-electron chi connectivity index (χ1n) is 8.97. The molecule has 0 aliphatic carbocycles. The van der Waals surface area contributed by atoms with Crippen LogP contribution in [0.25, 0.3) is 0 Å². The van der Waals surface area contributed by atoms with Gasteiger partial charge in [0.25, 0.3) is 0 Å². The van der Waals surface area contributed by atoms with Crippen molar-refractivity contribution in [1.29, 1.82) is 0 Å². The van der Waals surface area contributed by atoms with Crippen LogP contribution >= 0.6 is 0 Å². The molecule has 0 radical (unpaired) electrons. The summed E-state index contributed by atoms with van der Waals surface area (Å²) in [5.41, 5.74) is 5.56. The Labute approximate surface area is 160 Å². The summed E-state index contributed by atoms with van der Waals surface area (Å²) < 4.78 is 23.6. The molecule has 0 saturated carbocycles. The maximum absolute atomic E-state index is 12.5. The Morgan fingerprint density at radius 1 is 1.43 bits per heavy atom. The minimum absolute atomic E-state index is 0.238. The van der Waals surface area contributed by atoms with Gasteiger partial charge >= 0.3 is 5.69 Å². The van der Waals surface area contributed by atoms with Crippen LogP contribution in [0.1, 0.15) is 12.6 Å². The van der Waals surface area contributed by atoms with Gasteiger partial charge in [-0.25, -0.2) is 4.79 Å². The van der Waals surface area contributed by atoms with Gasteiger partial charge in [-0.3, -0.25) is 4.57 Å². The third-order valence-electron chi connectivity index (χ3n) is 4.59. The number of nitrogens with one attached hydrogen (secondary N) is 1. The molecule has 2 aromatic rings. The van der Waals surface area contributed by atoms with Crippen molar-refractivity contribution in [2.24, 2.45) is 5.73 Å². The molecule has 2 aliphatic heterocycles. The topological polar surface area (TPSA) is 130 Å². The van der Waals surface area contributed by atoms with E-state index in [-0.39, 0.29) is 18.8 Å². The fourth-order valence-corrected chi connectivity index (χ4v) is 3.27. The number of benzene rings is 1. The van der Waals surface area contributed by atoms with Crippen molar-refractivity contribution in [1.82, 2.24) is 9.55 Å². The van der Waals surface area contributed by atoms with E-state index in [9.17, 15) is 9.90 Å². The Morgan fingerprint density at radius 2 is 2.29 bits per heavy atom. The number of aliphatic hydroxyl groups excluding tert-OH is 1. The van der Waals surface area contributed by atoms with E-state index < -0.39 is 24.1 Å². The lowest BCUT2D eigenvalue weighted by Crippen LogP contribution is -2.29. The Bertz CT molecular complexity index is 917. The second kappa shape index (κ2) is 7.76. The normalized spacial score (nSPS) is 22.8. The van der Waals surface area contributed by atoms with E-state index in [2.05, 4.69) is 10.3 Å². The van der Waals surface area contributed by atoms with Crippen LogP contribution in [0.3, 0.4) is 0 Å². The van der Waals surface area contributed by atoms with Gasteiger partial charge in [0.2, 0.25) is 0 Å². The van der Waals surface area contributed by atoms with E-state index in [1.165, 1.54) is 17.9 Å². The van der Waals surface area contributed by atoms with E-state index in [1.54, 1.807) is 18.2 Å². The molecule has 2 aliphatic rings. The number of aromatic nitrogens is 2. The second-order valence-corrected chi connectivity index (χ2v) is 6.52. The van der Waals surface area contributed by atoms with Gasteiger partial charge in [-0.1, -0.05) is 6.07 Å². The van der Waals surface area contributed by atoms with E-state index in [1.807, 2.05) is 0 Å². The summed E-state index contributed by atoms with van der Waals surface area (Å²) in [5.74, 6) is 1.75. The molecule has 0 amide bonds. The molecule has 10 nitrogen and oxygen atoms in total. The number of methoxy groups -OCH3 is 1. The van der Waals surface area contributed by atoms with Crippen molar-refractivity contribution < 1.29 is 24.1 Å². The number of ether oxygens (including phenoxy) is 4. The molecule has 1 fully saturated rings. The average Bonchev–Trinajstić information content (AvgIpc) is 3.05. The molecular weight excluding hydrogens is 368 g/mol. The Morgan fingerprint density at radius 3 is 3.07 bits per heavy atom. The van der Waals surface area contributed by atoms with E-state index in [0.29, 0.717) is 36.1 Å². The van der Waals surface area contributed by atoms with Crippen molar-refractivity contribution in [2.45, 2.75) is 24.9 Å². The fourth-order valence-electron chi connectivity index (χ4n) is 3.27. The van der Waals surface area contributed by atoms with Gasteiger partial charge in [0.05, 0.1) is 18.9 Å². The number of nitrogens with two attached hydrogens (primary N) is 1. The summed E-state index contributed by atoms with van der Waals surface area (Å²) in [4.78, 5) is 16.6. The molecule has 0 spiro atoms. The van der Waals surface area contributed by atoms with Crippen molar-refractivity contribution in [3.63, 3.8) is 0 Å². The van der Waals surface area contributed by atoms with Gasteiger partial charge in [0.1, 0.15) is 30.4 Å². The summed E-state index contributed by atoms with van der Waals surface area (Å²) in [6.45, 7) is 0.965. The molecule has 3 atom stereocenters. The first-order chi connectivity index (χ1) is 13.6. The molecule has 150 valence electrons. The molecule has 4 rings (SSSR count). The largest absolute Gasteiger partial charge is 0.490 e. The van der Waals surface area contributed by atoms with Gasteiger partial charge in [-0.15, -0.1) is 0 Å². The summed E-state index contributed by atoms with van der Waals surface area (Å²) in [6, 6.07) is 5.35. The third-order valence-corrected chi connectivity index (χ3v) is 4.59. The van der Waals surface area contributed by atoms with Gasteiger partial charge in [0, 0.05) is 20.1 Å². The lowest BCUT2D eigenvalue weighted by atomic mass is 10.2. The number of nitrogens with zero attached hydrogens (tertiary/aromatic N) is 2. The Kier molecular flexibility index (Phi) is 5.18. The predicted octanol–water partition coefficient (Wildman–Crippen LogP) is 0.725. The number of hydrogen-bond acceptors (Lipinski definition) is 9. The highest BCUT2D eigenvalue weighted by atomic mass is 16.6. The molecule has 1 aromatic heterocycles. The van der Waals surface area contributed by atoms with Gasteiger partial charge in [-0.05, 0) is 12.1 Å². The van der Waals surface area contributed by atoms with E-state index >= 15 is 0 Å². The highest BCUT2D eigenvalue weighted by Gasteiger charge is 2.36. The highest BCUT2D eigenvalue weighted by molar-refractivity contribution is 5.77. The predicted molar refractivity (Wildman–Crippen MR) is 99.3 cm³/mol. The maximum atomic E-state index is 12.5. The molecule has 4 N–H and O–H groups in total. The number of hydrogen-bond donors (Lipinski definition) is 3. The minimum atomic E-state index is -0.727. The van der Waals surface area contributed by atoms with Gasteiger partial charge in [-0.2, -0.15) is 4.98 Å². The smallest absolute Gasteiger partial charge is 0.351 e. The maximum Gasteiger partial charge on any atom is 0.351 e. The number of rotatable bonds is 6. The summed E-state index contributed by atoms with van der Waals surface area (Å²) in [6.07, 6.45) is -0.0877. The fraction of sp³-hybridized carbons (Fsp3) is 0.444. The summed E-state index contributed by atoms with van der Waals surface area (Å²) >= 11 is 0. The zero-order chi connectivity index (χ0) is 19.7. The molecule has 28 heavy (non-hydrogen) atoms. The van der Waals surface area contributed by atoms with Crippen LogP contribution in [-0.4, -0.2) is 53.7 Å². The molecule has 1 aromatic carbocycles. The molecule has 10 heteroatoms. The lowest BCUT2D eigenvalue weighted by molar-refractivity contribution is -0.0547. The molecule has 1 saturated heterocycles. The third kappa shape index (κ3) is 3.42. The number of fused-ring (bicyclic) bond motifs is 2. The average molecular weight is 390 g/mol. The number of aliphatic hydroxyl groups is 1. The zero-order valence-corrected chi connectivity index (χ0v) is 15.3. The number of para-hydroxylation sites is 1. The van der Waals surface area contributed by atoms with Crippen molar-refractivity contribution in [3.05, 3.63) is 34.9 Å². The highest BCUT2D eigenvalue weighted by Crippen LogP contribution is 2.45. The first kappa shape index (κ1) is 18.7. The second-order valence-electron chi connectivity index (χ2n) is 6.52. The summed E-state index contributed by atoms with van der Waals surface area (Å²) in [7, 11) is 1.53. The van der Waals surface area contributed by atoms with Crippen LogP contribution in [0.4, 0.5) is 11.5 Å². The molecule has 0 bridgehead atoms. The molecule has 1 unspecified atom stereocenters. The van der Waals surface area contributed by atoms with Crippen LogP contribution in [0, 0.1) is 0 Å². The molecular formula is C18H22N4O6. The van der Waals surface area contributed by atoms with Crippen molar-refractivity contribution in [3.8, 4) is 17.2 Å². The first-order valence-corrected chi connectivity index (χ1v) is 8.97. The summed E-state index contributed by atoms with van der Waals surface area (Å²) in [5, 5.41) is 13.2. The van der Waals surface area contributed by atoms with Crippen molar-refractivity contribution >= 4 is 11.5 Å². The van der Waals surface area contributed by atoms with Gasteiger partial charge < -0.3 is 35.1 Å². The molecule has 3 heterocycles. The Balaban J connectivity index is 1.61. The van der Waals surface area contributed by atoms with E-state index in [0.717, 1.165) is 0 Å². The monoisotopic (exact) mass is 390 g/mol. The van der Waals surface area contributed by atoms with Crippen LogP contribution in [0.5, 0.6) is 17.2 Å². The minimum Gasteiger partial charge on any atom is -0.490 e. The van der Waals surface area contributed by atoms with Crippen LogP contribution in [0.15, 0.2) is 29.2 Å². The van der Waals surface area contributed by atoms with Crippen LogP contribution in [0.2, 0.25) is 0 Å². The SMILES string of the molecule is COCC1O[C@@H](n2cc3c(nc2=O)Nc2c(OCCN)cccc2O3)C[C@H]1O. The van der Waals surface area contributed by atoms with Gasteiger partial charge in [0.15, 0.2) is 17.3 Å². The lowest BCUT2D eigenvalue weighted by Gasteiger charge is -2.24. The van der Waals surface area contributed by atoms with E-state index in [4.69, 9.17) is 24.7 Å². The quantitative estimate of drug-likeness (QED) is 0.557. The van der Waals surface area contributed by atoms with Crippen molar-refractivity contribution in [2.75, 3.05) is 32.2 Å². The standard InChI is InChI=1S/C18H22N4O6/c1-25-9-14-10(23)7-15(28-14)22-8-13-17(21-18(22)24)20-16-11(26-6-5-19)3-2-4-12(16)27-13/h2-4,8,10,14-15,23H,5-7,9,19H2,1H3,(H,20,21,24)/t10-,14?,15-/m1/s1. The van der Waals surface area contributed by atoms with Crippen LogP contribution < -0.4 is 26.2 Å². The Hall–Kier alpha value is -2.66. The zero-order valence-electron chi connectivity index (χ0n) is 15.3. The van der Waals surface area contributed by atoms with Crippen LogP contribution in [-0.2, 0) is 9.47 Å². The number of anilines is 2.